The average Bonchev–Trinajstić information content (AvgIpc) is 3.33. The van der Waals surface area contributed by atoms with E-state index in [4.69, 9.17) is 4.74 Å². The van der Waals surface area contributed by atoms with Crippen LogP contribution in [0.25, 0.3) is 0 Å². The molecule has 7 nitrogen and oxygen atoms in total. The van der Waals surface area contributed by atoms with E-state index in [0.29, 0.717) is 50.7 Å². The van der Waals surface area contributed by atoms with Gasteiger partial charge in [-0.05, 0) is 55.7 Å². The van der Waals surface area contributed by atoms with Gasteiger partial charge in [-0.25, -0.2) is 0 Å². The highest BCUT2D eigenvalue weighted by molar-refractivity contribution is 5.92. The zero-order valence-electron chi connectivity index (χ0n) is 19.9. The summed E-state index contributed by atoms with van der Waals surface area (Å²) in [6.45, 7) is 6.25. The molecule has 1 spiro atoms. The van der Waals surface area contributed by atoms with Gasteiger partial charge in [-0.3, -0.25) is 14.7 Å². The Balaban J connectivity index is 1.39. The van der Waals surface area contributed by atoms with Crippen molar-refractivity contribution >= 4 is 11.8 Å². The molecular weight excluding hydrogens is 416 g/mol. The van der Waals surface area contributed by atoms with Crippen molar-refractivity contribution in [2.24, 2.45) is 5.41 Å². The summed E-state index contributed by atoms with van der Waals surface area (Å²) < 4.78 is 5.96. The van der Waals surface area contributed by atoms with Gasteiger partial charge in [0.15, 0.2) is 0 Å². The second-order valence-electron chi connectivity index (χ2n) is 9.71. The van der Waals surface area contributed by atoms with Gasteiger partial charge in [-0.15, -0.1) is 0 Å². The van der Waals surface area contributed by atoms with Crippen LogP contribution in [0.15, 0.2) is 30.3 Å². The van der Waals surface area contributed by atoms with Gasteiger partial charge in [-0.2, -0.15) is 5.10 Å². The van der Waals surface area contributed by atoms with Crippen LogP contribution in [0.1, 0.15) is 80.0 Å². The lowest BCUT2D eigenvalue weighted by Crippen LogP contribution is -2.50. The van der Waals surface area contributed by atoms with E-state index in [-0.39, 0.29) is 11.8 Å². The Morgan fingerprint density at radius 3 is 2.67 bits per heavy atom. The Kier molecular flexibility index (Phi) is 7.36. The van der Waals surface area contributed by atoms with Crippen molar-refractivity contribution in [3.05, 3.63) is 47.3 Å². The van der Waals surface area contributed by atoms with Gasteiger partial charge in [0, 0.05) is 18.8 Å². The number of H-pyrrole nitrogens is 1. The molecule has 2 aliphatic rings. The summed E-state index contributed by atoms with van der Waals surface area (Å²) in [5.41, 5.74) is 2.26. The van der Waals surface area contributed by atoms with Crippen molar-refractivity contribution in [3.63, 3.8) is 0 Å². The van der Waals surface area contributed by atoms with Crippen LogP contribution in [0, 0.1) is 5.41 Å². The van der Waals surface area contributed by atoms with Crippen molar-refractivity contribution in [1.29, 1.82) is 0 Å². The minimum Gasteiger partial charge on any atom is -0.491 e. The molecular formula is C26H36N4O3. The normalized spacial score (nSPS) is 19.6. The van der Waals surface area contributed by atoms with E-state index < -0.39 is 5.41 Å². The SMILES string of the molecule is CC(C)c1cc(C(=O)N2CCC3(CCCCCc4ccccc4OCCNC3=O)CC2)n[nH]1. The van der Waals surface area contributed by atoms with E-state index in [0.717, 1.165) is 43.5 Å². The van der Waals surface area contributed by atoms with Gasteiger partial charge in [0.05, 0.1) is 12.0 Å². The molecule has 0 bridgehead atoms. The third kappa shape index (κ3) is 5.40. The van der Waals surface area contributed by atoms with Gasteiger partial charge in [0.1, 0.15) is 18.1 Å². The summed E-state index contributed by atoms with van der Waals surface area (Å²) in [5, 5.41) is 10.3. The molecule has 0 radical (unpaired) electrons. The summed E-state index contributed by atoms with van der Waals surface area (Å²) in [7, 11) is 0. The van der Waals surface area contributed by atoms with Crippen molar-refractivity contribution in [3.8, 4) is 5.75 Å². The van der Waals surface area contributed by atoms with Crippen LogP contribution in [0.4, 0.5) is 0 Å². The number of likely N-dealkylation sites (tertiary alicyclic amines) is 1. The minimum atomic E-state index is -0.410. The first-order valence-electron chi connectivity index (χ1n) is 12.3. The molecule has 0 aliphatic carbocycles. The number of aromatic amines is 1. The van der Waals surface area contributed by atoms with E-state index in [1.165, 1.54) is 5.56 Å². The molecule has 4 rings (SSSR count). The molecule has 1 saturated heterocycles. The molecule has 178 valence electrons. The number of para-hydroxylation sites is 1. The molecule has 0 unspecified atom stereocenters. The molecule has 3 heterocycles. The Labute approximate surface area is 196 Å². The van der Waals surface area contributed by atoms with Crippen LogP contribution in [-0.4, -0.2) is 53.2 Å². The fourth-order valence-electron chi connectivity index (χ4n) is 4.95. The Morgan fingerprint density at radius 2 is 1.91 bits per heavy atom. The number of aromatic nitrogens is 2. The zero-order chi connectivity index (χ0) is 23.3. The number of rotatable bonds is 2. The lowest BCUT2D eigenvalue weighted by Gasteiger charge is -2.40. The first-order chi connectivity index (χ1) is 16.0. The molecule has 2 N–H and O–H groups in total. The number of nitrogens with zero attached hydrogens (tertiary/aromatic N) is 2. The minimum absolute atomic E-state index is 0.0517. The maximum Gasteiger partial charge on any atom is 0.274 e. The first kappa shape index (κ1) is 23.3. The summed E-state index contributed by atoms with van der Waals surface area (Å²) in [6.07, 6.45) is 6.41. The highest BCUT2D eigenvalue weighted by Crippen LogP contribution is 2.38. The Hall–Kier alpha value is -2.83. The summed E-state index contributed by atoms with van der Waals surface area (Å²) in [5.74, 6) is 1.27. The summed E-state index contributed by atoms with van der Waals surface area (Å²) >= 11 is 0. The second kappa shape index (κ2) is 10.4. The van der Waals surface area contributed by atoms with E-state index in [9.17, 15) is 9.59 Å². The highest BCUT2D eigenvalue weighted by atomic mass is 16.5. The number of amides is 2. The number of carbonyl (C=O) groups excluding carboxylic acids is 2. The number of piperidine rings is 1. The largest absolute Gasteiger partial charge is 0.491 e. The molecule has 2 aliphatic heterocycles. The van der Waals surface area contributed by atoms with Gasteiger partial charge in [0.2, 0.25) is 5.91 Å². The predicted molar refractivity (Wildman–Crippen MR) is 127 cm³/mol. The van der Waals surface area contributed by atoms with E-state index in [1.807, 2.05) is 23.1 Å². The van der Waals surface area contributed by atoms with Gasteiger partial charge in [0.25, 0.3) is 5.91 Å². The van der Waals surface area contributed by atoms with E-state index >= 15 is 0 Å². The molecule has 2 amide bonds. The van der Waals surface area contributed by atoms with Crippen molar-refractivity contribution < 1.29 is 14.3 Å². The van der Waals surface area contributed by atoms with E-state index in [2.05, 4.69) is 41.5 Å². The standard InChI is InChI=1S/C26H36N4O3/c1-19(2)21-18-22(29-28-21)24(31)30-15-12-26(13-16-30)11-7-3-4-8-20-9-5-6-10-23(20)33-17-14-27-25(26)32/h5-6,9-10,18-19H,3-4,7-8,11-17H2,1-2H3,(H,27,32)(H,28,29). The quantitative estimate of drug-likeness (QED) is 0.719. The maximum atomic E-state index is 13.3. The maximum absolute atomic E-state index is 13.3. The predicted octanol–water partition coefficient (Wildman–Crippen LogP) is 4.07. The molecule has 1 aromatic heterocycles. The lowest BCUT2D eigenvalue weighted by molar-refractivity contribution is -0.134. The third-order valence-corrected chi connectivity index (χ3v) is 7.15. The highest BCUT2D eigenvalue weighted by Gasteiger charge is 2.42. The number of hydrogen-bond donors (Lipinski definition) is 2. The molecule has 2 aromatic rings. The molecule has 1 fully saturated rings. The Morgan fingerprint density at radius 1 is 1.12 bits per heavy atom. The fraction of sp³-hybridized carbons (Fsp3) is 0.577. The number of aryl methyl sites for hydroxylation is 1. The van der Waals surface area contributed by atoms with Crippen LogP contribution in [0.3, 0.4) is 0 Å². The monoisotopic (exact) mass is 452 g/mol. The fourth-order valence-corrected chi connectivity index (χ4v) is 4.95. The zero-order valence-corrected chi connectivity index (χ0v) is 19.9. The summed E-state index contributed by atoms with van der Waals surface area (Å²) in [6, 6.07) is 10.0. The smallest absolute Gasteiger partial charge is 0.274 e. The molecule has 7 heteroatoms. The second-order valence-corrected chi connectivity index (χ2v) is 9.71. The van der Waals surface area contributed by atoms with Crippen molar-refractivity contribution in [2.75, 3.05) is 26.2 Å². The number of nitrogens with one attached hydrogen (secondary N) is 2. The number of carbonyl (C=O) groups is 2. The average molecular weight is 453 g/mol. The third-order valence-electron chi connectivity index (χ3n) is 7.15. The number of fused-ring (bicyclic) bond motifs is 1. The lowest BCUT2D eigenvalue weighted by atomic mass is 9.73. The molecule has 33 heavy (non-hydrogen) atoms. The van der Waals surface area contributed by atoms with Crippen LogP contribution < -0.4 is 10.1 Å². The molecule has 0 saturated carbocycles. The van der Waals surface area contributed by atoms with Crippen LogP contribution >= 0.6 is 0 Å². The van der Waals surface area contributed by atoms with Crippen molar-refractivity contribution in [2.45, 2.75) is 64.7 Å². The molecule has 1 aromatic carbocycles. The number of benzene rings is 1. The van der Waals surface area contributed by atoms with E-state index in [1.54, 1.807) is 0 Å². The number of ether oxygens (including phenoxy) is 1. The van der Waals surface area contributed by atoms with Gasteiger partial charge in [-0.1, -0.05) is 44.9 Å². The van der Waals surface area contributed by atoms with Crippen molar-refractivity contribution in [1.82, 2.24) is 20.4 Å². The topological polar surface area (TPSA) is 87.3 Å². The summed E-state index contributed by atoms with van der Waals surface area (Å²) in [4.78, 5) is 28.1. The Bertz CT molecular complexity index is 960. The van der Waals surface area contributed by atoms with Gasteiger partial charge < -0.3 is 15.0 Å². The van der Waals surface area contributed by atoms with Crippen LogP contribution in [-0.2, 0) is 11.2 Å². The van der Waals surface area contributed by atoms with Crippen LogP contribution in [0.5, 0.6) is 5.75 Å². The number of hydrogen-bond acceptors (Lipinski definition) is 4. The van der Waals surface area contributed by atoms with Gasteiger partial charge >= 0.3 is 0 Å². The van der Waals surface area contributed by atoms with Crippen LogP contribution in [0.2, 0.25) is 0 Å². The molecule has 0 atom stereocenters. The first-order valence-corrected chi connectivity index (χ1v) is 12.3.